The number of ether oxygens (including phenoxy) is 2. The highest BCUT2D eigenvalue weighted by atomic mass is 16.5. The molecular weight excluding hydrogens is 436 g/mol. The van der Waals surface area contributed by atoms with E-state index in [0.717, 1.165) is 39.8 Å². The first-order valence-corrected chi connectivity index (χ1v) is 12.1. The molecule has 1 saturated heterocycles. The molecule has 5 rings (SSSR count). The van der Waals surface area contributed by atoms with Crippen LogP contribution >= 0.6 is 0 Å². The first-order chi connectivity index (χ1) is 17.1. The van der Waals surface area contributed by atoms with Crippen molar-refractivity contribution in [3.8, 4) is 16.9 Å². The largest absolute Gasteiger partial charge is 0.497 e. The Bertz CT molecular complexity index is 1330. The number of carbonyl (C=O) groups is 1. The van der Waals surface area contributed by atoms with Crippen LogP contribution in [-0.4, -0.2) is 49.2 Å². The monoisotopic (exact) mass is 466 g/mol. The number of fused-ring (bicyclic) bond motifs is 1. The van der Waals surface area contributed by atoms with Crippen LogP contribution in [0.5, 0.6) is 5.75 Å². The summed E-state index contributed by atoms with van der Waals surface area (Å²) in [6.07, 6.45) is 4.58. The number of methoxy groups -OCH3 is 1. The summed E-state index contributed by atoms with van der Waals surface area (Å²) >= 11 is 0. The Morgan fingerprint density at radius 3 is 2.77 bits per heavy atom. The van der Waals surface area contributed by atoms with Gasteiger partial charge in [-0.2, -0.15) is 0 Å². The Morgan fingerprint density at radius 2 is 1.94 bits per heavy atom. The van der Waals surface area contributed by atoms with Crippen LogP contribution in [0.15, 0.2) is 79.1 Å². The Morgan fingerprint density at radius 1 is 1.09 bits per heavy atom. The lowest BCUT2D eigenvalue weighted by atomic mass is 9.95. The van der Waals surface area contributed by atoms with Gasteiger partial charge in [-0.25, -0.2) is 0 Å². The van der Waals surface area contributed by atoms with Gasteiger partial charge in [-0.3, -0.25) is 9.78 Å². The zero-order valence-corrected chi connectivity index (χ0v) is 20.2. The van der Waals surface area contributed by atoms with Crippen LogP contribution in [-0.2, 0) is 11.2 Å². The number of carbonyl (C=O) groups excluding carboxylic acids is 1. The predicted molar refractivity (Wildman–Crippen MR) is 139 cm³/mol. The number of benzene rings is 3. The summed E-state index contributed by atoms with van der Waals surface area (Å²) < 4.78 is 11.2. The second-order valence-electron chi connectivity index (χ2n) is 9.16. The van der Waals surface area contributed by atoms with E-state index < -0.39 is 0 Å². The maximum Gasteiger partial charge on any atom is 0.254 e. The van der Waals surface area contributed by atoms with E-state index in [1.165, 1.54) is 10.9 Å². The fourth-order valence-electron chi connectivity index (χ4n) is 4.90. The van der Waals surface area contributed by atoms with Gasteiger partial charge in [0.2, 0.25) is 0 Å². The molecule has 0 unspecified atom stereocenters. The normalized spacial score (nSPS) is 16.2. The fourth-order valence-corrected chi connectivity index (χ4v) is 4.90. The molecule has 5 heteroatoms. The lowest BCUT2D eigenvalue weighted by molar-refractivity contribution is 0.0736. The van der Waals surface area contributed by atoms with Crippen molar-refractivity contribution < 1.29 is 14.3 Å². The third-order valence-corrected chi connectivity index (χ3v) is 6.82. The predicted octanol–water partition coefficient (Wildman–Crippen LogP) is 5.55. The van der Waals surface area contributed by atoms with Crippen molar-refractivity contribution in [2.75, 3.05) is 33.4 Å². The van der Waals surface area contributed by atoms with Gasteiger partial charge in [0.25, 0.3) is 5.91 Å². The van der Waals surface area contributed by atoms with E-state index >= 15 is 0 Å². The molecule has 0 saturated carbocycles. The molecule has 0 spiro atoms. The number of aromatic nitrogens is 1. The summed E-state index contributed by atoms with van der Waals surface area (Å²) in [5.74, 6) is 1.12. The topological polar surface area (TPSA) is 51.7 Å². The van der Waals surface area contributed by atoms with E-state index in [9.17, 15) is 4.79 Å². The maximum absolute atomic E-state index is 13.7. The zero-order valence-electron chi connectivity index (χ0n) is 20.2. The summed E-state index contributed by atoms with van der Waals surface area (Å²) in [6, 6.07) is 22.5. The minimum atomic E-state index is 0.0658. The first kappa shape index (κ1) is 23.1. The Balaban J connectivity index is 1.35. The lowest BCUT2D eigenvalue weighted by Crippen LogP contribution is -2.36. The highest BCUT2D eigenvalue weighted by molar-refractivity contribution is 5.97. The third-order valence-electron chi connectivity index (χ3n) is 6.82. The first-order valence-electron chi connectivity index (χ1n) is 12.1. The standard InChI is InChI=1S/C30H30N2O3/c1-21-28(25-8-10-27(34-2)11-9-25)4-3-5-29(21)30(33)32-14-15-35-20-23(19-32)16-22-6-7-24-12-13-31-18-26(24)17-22/h3-13,17-18,23H,14-16,19-20H2,1-2H3/t23-/m1/s1. The molecule has 1 fully saturated rings. The third kappa shape index (κ3) is 5.05. The molecule has 5 nitrogen and oxygen atoms in total. The van der Waals surface area contributed by atoms with Crippen molar-refractivity contribution in [3.63, 3.8) is 0 Å². The Labute approximate surface area is 206 Å². The SMILES string of the molecule is COc1ccc(-c2cccc(C(=O)N3CCOC[C@H](Cc4ccc5ccncc5c4)C3)c2C)cc1. The molecule has 4 aromatic rings. The van der Waals surface area contributed by atoms with Crippen LogP contribution < -0.4 is 4.74 Å². The summed E-state index contributed by atoms with van der Waals surface area (Å²) in [4.78, 5) is 19.9. The van der Waals surface area contributed by atoms with Gasteiger partial charge in [0.1, 0.15) is 5.75 Å². The van der Waals surface area contributed by atoms with E-state index in [1.54, 1.807) is 7.11 Å². The van der Waals surface area contributed by atoms with Crippen LogP contribution in [0.1, 0.15) is 21.5 Å². The smallest absolute Gasteiger partial charge is 0.254 e. The van der Waals surface area contributed by atoms with E-state index in [0.29, 0.717) is 26.3 Å². The molecule has 178 valence electrons. The molecule has 35 heavy (non-hydrogen) atoms. The molecule has 3 aromatic carbocycles. The minimum Gasteiger partial charge on any atom is -0.497 e. The lowest BCUT2D eigenvalue weighted by Gasteiger charge is -2.25. The summed E-state index contributed by atoms with van der Waals surface area (Å²) in [5.41, 5.74) is 5.11. The van der Waals surface area contributed by atoms with Crippen LogP contribution in [0.4, 0.5) is 0 Å². The fraction of sp³-hybridized carbons (Fsp3) is 0.267. The maximum atomic E-state index is 13.7. The van der Waals surface area contributed by atoms with Crippen LogP contribution in [0.25, 0.3) is 21.9 Å². The van der Waals surface area contributed by atoms with Gasteiger partial charge in [-0.15, -0.1) is 0 Å². The molecule has 1 atom stereocenters. The van der Waals surface area contributed by atoms with E-state index in [2.05, 4.69) is 29.2 Å². The molecule has 1 aromatic heterocycles. The van der Waals surface area contributed by atoms with Gasteiger partial charge in [-0.05, 0) is 71.3 Å². The molecule has 0 bridgehead atoms. The highest BCUT2D eigenvalue weighted by Gasteiger charge is 2.25. The second kappa shape index (κ2) is 10.3. The number of hydrogen-bond donors (Lipinski definition) is 0. The summed E-state index contributed by atoms with van der Waals surface area (Å²) in [7, 11) is 1.66. The molecule has 0 radical (unpaired) electrons. The molecule has 0 aliphatic carbocycles. The Hall–Kier alpha value is -3.70. The number of rotatable bonds is 5. The zero-order chi connectivity index (χ0) is 24.2. The molecular formula is C30H30N2O3. The number of pyridine rings is 1. The van der Waals surface area contributed by atoms with Crippen molar-refractivity contribution >= 4 is 16.7 Å². The molecule has 0 N–H and O–H groups in total. The van der Waals surface area contributed by atoms with Gasteiger partial charge >= 0.3 is 0 Å². The van der Waals surface area contributed by atoms with Gasteiger partial charge in [0, 0.05) is 42.4 Å². The van der Waals surface area contributed by atoms with Gasteiger partial charge in [0.15, 0.2) is 0 Å². The van der Waals surface area contributed by atoms with Crippen LogP contribution in [0.2, 0.25) is 0 Å². The number of amides is 1. The highest BCUT2D eigenvalue weighted by Crippen LogP contribution is 2.29. The minimum absolute atomic E-state index is 0.0658. The van der Waals surface area contributed by atoms with Crippen molar-refractivity contribution in [1.82, 2.24) is 9.88 Å². The van der Waals surface area contributed by atoms with Gasteiger partial charge in [0.05, 0.1) is 20.3 Å². The van der Waals surface area contributed by atoms with Crippen molar-refractivity contribution in [1.29, 1.82) is 0 Å². The van der Waals surface area contributed by atoms with E-state index in [1.807, 2.05) is 66.7 Å². The van der Waals surface area contributed by atoms with E-state index in [-0.39, 0.29) is 11.8 Å². The molecule has 1 amide bonds. The average molecular weight is 467 g/mol. The second-order valence-corrected chi connectivity index (χ2v) is 9.16. The van der Waals surface area contributed by atoms with Crippen molar-refractivity contribution in [2.45, 2.75) is 13.3 Å². The van der Waals surface area contributed by atoms with Gasteiger partial charge < -0.3 is 14.4 Å². The van der Waals surface area contributed by atoms with Crippen LogP contribution in [0, 0.1) is 12.8 Å². The molecule has 1 aliphatic heterocycles. The van der Waals surface area contributed by atoms with Crippen molar-refractivity contribution in [2.24, 2.45) is 5.92 Å². The summed E-state index contributed by atoms with van der Waals surface area (Å²) in [6.45, 7) is 4.52. The van der Waals surface area contributed by atoms with E-state index in [4.69, 9.17) is 9.47 Å². The number of hydrogen-bond acceptors (Lipinski definition) is 4. The molecule has 1 aliphatic rings. The van der Waals surface area contributed by atoms with Gasteiger partial charge in [-0.1, -0.05) is 36.4 Å². The van der Waals surface area contributed by atoms with Crippen LogP contribution in [0.3, 0.4) is 0 Å². The quantitative estimate of drug-likeness (QED) is 0.387. The molecule has 2 heterocycles. The summed E-state index contributed by atoms with van der Waals surface area (Å²) in [5, 5.41) is 2.32. The van der Waals surface area contributed by atoms with Crippen molar-refractivity contribution in [3.05, 3.63) is 95.8 Å². The average Bonchev–Trinajstić information content (AvgIpc) is 3.14. The number of nitrogens with zero attached hydrogens (tertiary/aromatic N) is 2. The Kier molecular flexibility index (Phi) is 6.77.